The van der Waals surface area contributed by atoms with Gasteiger partial charge in [-0.2, -0.15) is 0 Å². The van der Waals surface area contributed by atoms with Gasteiger partial charge in [0, 0.05) is 12.6 Å². The molecule has 3 heterocycles. The lowest BCUT2D eigenvalue weighted by molar-refractivity contribution is 0.170. The second-order valence-corrected chi connectivity index (χ2v) is 6.93. The van der Waals surface area contributed by atoms with Crippen molar-refractivity contribution in [2.45, 2.75) is 33.4 Å². The van der Waals surface area contributed by atoms with Gasteiger partial charge in [0.2, 0.25) is 0 Å². The maximum Gasteiger partial charge on any atom is 0.263 e. The van der Waals surface area contributed by atoms with Crippen LogP contribution in [0.15, 0.2) is 39.2 Å². The Bertz CT molecular complexity index is 944. The molecule has 1 aliphatic rings. The Morgan fingerprint density at radius 2 is 1.81 bits per heavy atom. The molecule has 6 heteroatoms. The van der Waals surface area contributed by atoms with Gasteiger partial charge in [-0.25, -0.2) is 4.98 Å². The molecular weight excluding hydrogens is 344 g/mol. The molecule has 0 saturated carbocycles. The lowest BCUT2D eigenvalue weighted by Gasteiger charge is -2.26. The van der Waals surface area contributed by atoms with Crippen molar-refractivity contribution < 1.29 is 18.3 Å². The Labute approximate surface area is 158 Å². The smallest absolute Gasteiger partial charge is 0.263 e. The van der Waals surface area contributed by atoms with Crippen LogP contribution in [0.2, 0.25) is 0 Å². The van der Waals surface area contributed by atoms with Gasteiger partial charge in [-0.05, 0) is 57.6 Å². The average molecular weight is 368 g/mol. The molecule has 1 atom stereocenters. The predicted molar refractivity (Wildman–Crippen MR) is 101 cm³/mol. The van der Waals surface area contributed by atoms with Crippen LogP contribution in [0.1, 0.15) is 35.7 Å². The molecule has 142 valence electrons. The molecule has 0 aliphatic carbocycles. The number of benzene rings is 1. The standard InChI is InChI=1S/C21H24N2O4/c1-13-5-7-19(26-13)21-22-17(15(3)27-21)12-23(4)14(2)16-6-8-18-20(11-16)25-10-9-24-18/h5-8,11,14H,9-10,12H2,1-4H3/t14-/m1/s1. The second-order valence-electron chi connectivity index (χ2n) is 6.93. The van der Waals surface area contributed by atoms with Crippen LogP contribution in [0, 0.1) is 13.8 Å². The molecule has 27 heavy (non-hydrogen) atoms. The highest BCUT2D eigenvalue weighted by Gasteiger charge is 2.20. The van der Waals surface area contributed by atoms with E-state index in [0.717, 1.165) is 28.7 Å². The van der Waals surface area contributed by atoms with Crippen LogP contribution in [0.3, 0.4) is 0 Å². The number of furan rings is 1. The minimum absolute atomic E-state index is 0.186. The highest BCUT2D eigenvalue weighted by molar-refractivity contribution is 5.46. The number of hydrogen-bond donors (Lipinski definition) is 0. The Morgan fingerprint density at radius 1 is 1.04 bits per heavy atom. The summed E-state index contributed by atoms with van der Waals surface area (Å²) in [6.07, 6.45) is 0. The summed E-state index contributed by atoms with van der Waals surface area (Å²) in [5.74, 6) is 4.45. The molecule has 0 radical (unpaired) electrons. The van der Waals surface area contributed by atoms with Crippen LogP contribution in [0.4, 0.5) is 0 Å². The largest absolute Gasteiger partial charge is 0.486 e. The van der Waals surface area contributed by atoms with Crippen molar-refractivity contribution in [1.82, 2.24) is 9.88 Å². The monoisotopic (exact) mass is 368 g/mol. The second kappa shape index (κ2) is 7.12. The first-order valence-electron chi connectivity index (χ1n) is 9.14. The quantitative estimate of drug-likeness (QED) is 0.660. The normalized spacial score (nSPS) is 14.6. The Balaban J connectivity index is 1.50. The number of aromatic nitrogens is 1. The topological polar surface area (TPSA) is 60.9 Å². The molecule has 6 nitrogen and oxygen atoms in total. The number of ether oxygens (including phenoxy) is 2. The third-order valence-corrected chi connectivity index (χ3v) is 4.95. The Morgan fingerprint density at radius 3 is 2.56 bits per heavy atom. The number of rotatable bonds is 5. The number of nitrogens with zero attached hydrogens (tertiary/aromatic N) is 2. The molecule has 1 aliphatic heterocycles. The van der Waals surface area contributed by atoms with E-state index in [9.17, 15) is 0 Å². The van der Waals surface area contributed by atoms with Crippen LogP contribution < -0.4 is 9.47 Å². The van der Waals surface area contributed by atoms with E-state index in [1.165, 1.54) is 5.56 Å². The van der Waals surface area contributed by atoms with Gasteiger partial charge >= 0.3 is 0 Å². The van der Waals surface area contributed by atoms with Gasteiger partial charge in [0.25, 0.3) is 5.89 Å². The van der Waals surface area contributed by atoms with E-state index in [4.69, 9.17) is 18.3 Å². The zero-order valence-corrected chi connectivity index (χ0v) is 16.1. The predicted octanol–water partition coefficient (Wildman–Crippen LogP) is 4.52. The van der Waals surface area contributed by atoms with Gasteiger partial charge in [0.15, 0.2) is 17.3 Å². The third kappa shape index (κ3) is 3.57. The van der Waals surface area contributed by atoms with E-state index in [1.54, 1.807) is 0 Å². The fourth-order valence-corrected chi connectivity index (χ4v) is 3.18. The van der Waals surface area contributed by atoms with Crippen LogP contribution >= 0.6 is 0 Å². The van der Waals surface area contributed by atoms with E-state index in [-0.39, 0.29) is 6.04 Å². The Hall–Kier alpha value is -2.73. The molecule has 0 unspecified atom stereocenters. The molecule has 0 bridgehead atoms. The van der Waals surface area contributed by atoms with E-state index < -0.39 is 0 Å². The molecule has 0 fully saturated rings. The first-order valence-corrected chi connectivity index (χ1v) is 9.14. The van der Waals surface area contributed by atoms with Gasteiger partial charge in [0.1, 0.15) is 24.7 Å². The summed E-state index contributed by atoms with van der Waals surface area (Å²) in [5.41, 5.74) is 2.08. The van der Waals surface area contributed by atoms with Crippen molar-refractivity contribution >= 4 is 0 Å². The first kappa shape index (κ1) is 17.7. The molecule has 2 aromatic heterocycles. The van der Waals surface area contributed by atoms with Crippen molar-refractivity contribution in [3.63, 3.8) is 0 Å². The summed E-state index contributed by atoms with van der Waals surface area (Å²) in [5, 5.41) is 0. The van der Waals surface area contributed by atoms with E-state index >= 15 is 0 Å². The molecule has 0 spiro atoms. The van der Waals surface area contributed by atoms with Gasteiger partial charge in [-0.15, -0.1) is 0 Å². The summed E-state index contributed by atoms with van der Waals surface area (Å²) in [4.78, 5) is 6.86. The van der Waals surface area contributed by atoms with Gasteiger partial charge < -0.3 is 18.3 Å². The summed E-state index contributed by atoms with van der Waals surface area (Å²) in [7, 11) is 2.08. The van der Waals surface area contributed by atoms with Crippen LogP contribution in [-0.4, -0.2) is 30.1 Å². The van der Waals surface area contributed by atoms with Gasteiger partial charge in [-0.1, -0.05) is 6.07 Å². The maximum absolute atomic E-state index is 5.81. The molecule has 3 aromatic rings. The lowest BCUT2D eigenvalue weighted by atomic mass is 10.1. The van der Waals surface area contributed by atoms with Crippen molar-refractivity contribution in [1.29, 1.82) is 0 Å². The number of oxazole rings is 1. The highest BCUT2D eigenvalue weighted by atomic mass is 16.6. The molecule has 0 saturated heterocycles. The number of hydrogen-bond acceptors (Lipinski definition) is 6. The van der Waals surface area contributed by atoms with E-state index in [2.05, 4.69) is 36.0 Å². The summed E-state index contributed by atoms with van der Waals surface area (Å²) in [6, 6.07) is 10.1. The molecule has 0 amide bonds. The SMILES string of the molecule is Cc1ccc(-c2nc(CN(C)[C@H](C)c3ccc4c(c3)OCCO4)c(C)o2)o1. The van der Waals surface area contributed by atoms with Gasteiger partial charge in [-0.3, -0.25) is 4.90 Å². The zero-order valence-electron chi connectivity index (χ0n) is 16.1. The van der Waals surface area contributed by atoms with Gasteiger partial charge in [0.05, 0.1) is 5.69 Å². The third-order valence-electron chi connectivity index (χ3n) is 4.95. The van der Waals surface area contributed by atoms with Crippen LogP contribution in [-0.2, 0) is 6.54 Å². The molecule has 0 N–H and O–H groups in total. The summed E-state index contributed by atoms with van der Waals surface area (Å²) >= 11 is 0. The molecule has 4 rings (SSSR count). The summed E-state index contributed by atoms with van der Waals surface area (Å²) < 4.78 is 22.7. The zero-order chi connectivity index (χ0) is 19.0. The highest BCUT2D eigenvalue weighted by Crippen LogP contribution is 2.34. The fourth-order valence-electron chi connectivity index (χ4n) is 3.18. The number of fused-ring (bicyclic) bond motifs is 1. The lowest BCUT2D eigenvalue weighted by Crippen LogP contribution is -2.23. The first-order chi connectivity index (χ1) is 13.0. The minimum Gasteiger partial charge on any atom is -0.486 e. The van der Waals surface area contributed by atoms with Crippen molar-refractivity contribution in [2.75, 3.05) is 20.3 Å². The van der Waals surface area contributed by atoms with Crippen molar-refractivity contribution in [2.24, 2.45) is 0 Å². The van der Waals surface area contributed by atoms with E-state index in [0.29, 0.717) is 31.4 Å². The van der Waals surface area contributed by atoms with Crippen LogP contribution in [0.25, 0.3) is 11.7 Å². The van der Waals surface area contributed by atoms with Crippen LogP contribution in [0.5, 0.6) is 11.5 Å². The van der Waals surface area contributed by atoms with Crippen molar-refractivity contribution in [3.05, 3.63) is 53.1 Å². The fraction of sp³-hybridized carbons (Fsp3) is 0.381. The number of aryl methyl sites for hydroxylation is 2. The maximum atomic E-state index is 5.81. The molecular formula is C21H24N2O4. The van der Waals surface area contributed by atoms with E-state index in [1.807, 2.05) is 32.0 Å². The Kier molecular flexibility index (Phi) is 4.66. The average Bonchev–Trinajstić information content (AvgIpc) is 3.26. The minimum atomic E-state index is 0.186. The molecule has 1 aromatic carbocycles. The summed E-state index contributed by atoms with van der Waals surface area (Å²) in [6.45, 7) is 7.87. The van der Waals surface area contributed by atoms with Crippen molar-refractivity contribution in [3.8, 4) is 23.1 Å².